The van der Waals surface area contributed by atoms with Crippen molar-refractivity contribution in [1.82, 2.24) is 14.5 Å². The van der Waals surface area contributed by atoms with Gasteiger partial charge in [-0.2, -0.15) is 0 Å². The molecule has 0 radical (unpaired) electrons. The minimum absolute atomic E-state index is 0.705. The average molecular weight is 403 g/mol. The van der Waals surface area contributed by atoms with E-state index in [0.29, 0.717) is 4.77 Å². The van der Waals surface area contributed by atoms with Crippen LogP contribution in [0.1, 0.15) is 0 Å². The van der Waals surface area contributed by atoms with Gasteiger partial charge in [-0.25, -0.2) is 0 Å². The van der Waals surface area contributed by atoms with Crippen molar-refractivity contribution in [2.24, 2.45) is 0 Å². The van der Waals surface area contributed by atoms with Crippen molar-refractivity contribution in [3.05, 3.63) is 63.2 Å². The van der Waals surface area contributed by atoms with E-state index < -0.39 is 0 Å². The van der Waals surface area contributed by atoms with Crippen molar-refractivity contribution >= 4 is 56.6 Å². The number of aromatic nitrogens is 3. The highest BCUT2D eigenvalue weighted by Gasteiger charge is 2.09. The summed E-state index contributed by atoms with van der Waals surface area (Å²) in [5.41, 5.74) is 3.22. The number of nitrogens with zero attached hydrogens (tertiary/aromatic N) is 2. The van der Waals surface area contributed by atoms with Crippen molar-refractivity contribution in [2.45, 2.75) is 0 Å². The van der Waals surface area contributed by atoms with Crippen LogP contribution in [0.2, 0.25) is 0 Å². The Morgan fingerprint density at radius 1 is 1.14 bits per heavy atom. The first-order valence-electron chi connectivity index (χ1n) is 6.47. The molecule has 4 aromatic rings. The summed E-state index contributed by atoms with van der Waals surface area (Å²) in [5.74, 6) is 0. The van der Waals surface area contributed by atoms with Gasteiger partial charge >= 0.3 is 0 Å². The van der Waals surface area contributed by atoms with Crippen molar-refractivity contribution < 1.29 is 0 Å². The second-order valence-electron chi connectivity index (χ2n) is 4.80. The number of fused-ring (bicyclic) bond motifs is 2. The minimum atomic E-state index is 0.705. The van der Waals surface area contributed by atoms with E-state index in [2.05, 4.69) is 67.5 Å². The quantitative estimate of drug-likeness (QED) is 0.365. The van der Waals surface area contributed by atoms with E-state index in [1.807, 2.05) is 24.5 Å². The zero-order valence-corrected chi connectivity index (χ0v) is 13.9. The Morgan fingerprint density at radius 2 is 2.05 bits per heavy atom. The SMILES string of the molecule is S=c1[nH]c2cc(I)ccc2n1-c1cccc2cnccc12. The number of H-pyrrole nitrogens is 1. The highest BCUT2D eigenvalue weighted by Crippen LogP contribution is 2.26. The highest BCUT2D eigenvalue weighted by molar-refractivity contribution is 14.1. The van der Waals surface area contributed by atoms with E-state index in [-0.39, 0.29) is 0 Å². The number of imidazole rings is 1. The van der Waals surface area contributed by atoms with Gasteiger partial charge < -0.3 is 4.98 Å². The van der Waals surface area contributed by atoms with Gasteiger partial charge in [-0.1, -0.05) is 12.1 Å². The van der Waals surface area contributed by atoms with Crippen LogP contribution in [0.15, 0.2) is 54.9 Å². The van der Waals surface area contributed by atoms with Crippen molar-refractivity contribution in [1.29, 1.82) is 0 Å². The second-order valence-corrected chi connectivity index (χ2v) is 6.43. The molecule has 0 bridgehead atoms. The number of aromatic amines is 1. The van der Waals surface area contributed by atoms with Crippen molar-refractivity contribution in [3.8, 4) is 5.69 Å². The first kappa shape index (κ1) is 13.0. The molecule has 2 heterocycles. The van der Waals surface area contributed by atoms with E-state index >= 15 is 0 Å². The Balaban J connectivity index is 2.14. The molecule has 0 atom stereocenters. The Hall–Kier alpha value is -1.73. The summed E-state index contributed by atoms with van der Waals surface area (Å²) >= 11 is 7.84. The molecular formula is C16H10IN3S. The smallest absolute Gasteiger partial charge is 0.182 e. The number of halogens is 1. The van der Waals surface area contributed by atoms with Crippen LogP contribution in [-0.2, 0) is 0 Å². The molecule has 2 aromatic heterocycles. The van der Waals surface area contributed by atoms with Gasteiger partial charge in [0.05, 0.1) is 16.7 Å². The molecule has 1 N–H and O–H groups in total. The Morgan fingerprint density at radius 3 is 2.95 bits per heavy atom. The zero-order valence-electron chi connectivity index (χ0n) is 10.9. The standard InChI is InChI=1S/C16H10IN3S/c17-11-4-5-15-13(8-11)19-16(21)20(15)14-3-1-2-10-9-18-7-6-12(10)14/h1-9H,(H,19,21). The van der Waals surface area contributed by atoms with Gasteiger partial charge in [-0.15, -0.1) is 0 Å². The number of pyridine rings is 1. The first-order chi connectivity index (χ1) is 10.2. The summed E-state index contributed by atoms with van der Waals surface area (Å²) in [4.78, 5) is 7.48. The van der Waals surface area contributed by atoms with Gasteiger partial charge in [0, 0.05) is 26.7 Å². The summed E-state index contributed by atoms with van der Waals surface area (Å²) in [6, 6.07) is 14.5. The molecule has 0 fully saturated rings. The third kappa shape index (κ3) is 2.08. The van der Waals surface area contributed by atoms with Crippen LogP contribution in [-0.4, -0.2) is 14.5 Å². The molecule has 21 heavy (non-hydrogen) atoms. The van der Waals surface area contributed by atoms with Crippen LogP contribution in [0.5, 0.6) is 0 Å². The first-order valence-corrected chi connectivity index (χ1v) is 7.96. The van der Waals surface area contributed by atoms with E-state index in [1.165, 1.54) is 3.57 Å². The molecule has 0 unspecified atom stereocenters. The average Bonchev–Trinajstić information content (AvgIpc) is 2.81. The molecule has 0 aliphatic heterocycles. The van der Waals surface area contributed by atoms with Gasteiger partial charge in [0.15, 0.2) is 4.77 Å². The third-order valence-corrected chi connectivity index (χ3v) is 4.50. The third-order valence-electron chi connectivity index (χ3n) is 3.54. The van der Waals surface area contributed by atoms with Crippen LogP contribution in [0, 0.1) is 8.34 Å². The fraction of sp³-hybridized carbons (Fsp3) is 0. The Labute approximate surface area is 139 Å². The summed E-state index contributed by atoms with van der Waals surface area (Å²) in [6.07, 6.45) is 3.69. The Bertz CT molecular complexity index is 1030. The lowest BCUT2D eigenvalue weighted by Crippen LogP contribution is -1.95. The molecule has 2 aromatic carbocycles. The van der Waals surface area contributed by atoms with E-state index in [4.69, 9.17) is 12.2 Å². The molecule has 0 amide bonds. The fourth-order valence-electron chi connectivity index (χ4n) is 2.62. The summed E-state index contributed by atoms with van der Waals surface area (Å²) < 4.78 is 3.98. The normalized spacial score (nSPS) is 11.3. The number of hydrogen-bond acceptors (Lipinski definition) is 2. The lowest BCUT2D eigenvalue weighted by Gasteiger charge is -2.08. The van der Waals surface area contributed by atoms with Gasteiger partial charge in [-0.05, 0) is 65.1 Å². The van der Waals surface area contributed by atoms with Crippen LogP contribution < -0.4 is 0 Å². The topological polar surface area (TPSA) is 33.6 Å². The monoisotopic (exact) mass is 403 g/mol. The molecule has 0 aliphatic carbocycles. The molecule has 4 rings (SSSR count). The van der Waals surface area contributed by atoms with Crippen LogP contribution in [0.3, 0.4) is 0 Å². The number of benzene rings is 2. The second kappa shape index (κ2) is 4.92. The predicted octanol–water partition coefficient (Wildman–Crippen LogP) is 4.84. The van der Waals surface area contributed by atoms with Crippen molar-refractivity contribution in [2.75, 3.05) is 0 Å². The van der Waals surface area contributed by atoms with Crippen LogP contribution >= 0.6 is 34.8 Å². The number of nitrogens with one attached hydrogen (secondary N) is 1. The lowest BCUT2D eigenvalue weighted by atomic mass is 10.1. The van der Waals surface area contributed by atoms with Gasteiger partial charge in [0.25, 0.3) is 0 Å². The zero-order chi connectivity index (χ0) is 14.4. The minimum Gasteiger partial charge on any atom is -0.330 e. The molecule has 0 spiro atoms. The van der Waals surface area contributed by atoms with Gasteiger partial charge in [0.2, 0.25) is 0 Å². The van der Waals surface area contributed by atoms with Crippen LogP contribution in [0.4, 0.5) is 0 Å². The molecule has 3 nitrogen and oxygen atoms in total. The fourth-order valence-corrected chi connectivity index (χ4v) is 3.42. The highest BCUT2D eigenvalue weighted by atomic mass is 127. The van der Waals surface area contributed by atoms with Gasteiger partial charge in [-0.3, -0.25) is 9.55 Å². The maximum Gasteiger partial charge on any atom is 0.182 e. The molecule has 0 aliphatic rings. The maximum absolute atomic E-state index is 5.53. The predicted molar refractivity (Wildman–Crippen MR) is 96.5 cm³/mol. The lowest BCUT2D eigenvalue weighted by molar-refractivity contribution is 1.08. The largest absolute Gasteiger partial charge is 0.330 e. The number of rotatable bonds is 1. The van der Waals surface area contributed by atoms with E-state index in [9.17, 15) is 0 Å². The van der Waals surface area contributed by atoms with Crippen molar-refractivity contribution in [3.63, 3.8) is 0 Å². The van der Waals surface area contributed by atoms with E-state index in [1.54, 1.807) is 0 Å². The summed E-state index contributed by atoms with van der Waals surface area (Å²) in [6.45, 7) is 0. The molecule has 5 heteroatoms. The molecule has 102 valence electrons. The molecular weight excluding hydrogens is 393 g/mol. The number of hydrogen-bond donors (Lipinski definition) is 1. The summed E-state index contributed by atoms with van der Waals surface area (Å²) in [7, 11) is 0. The van der Waals surface area contributed by atoms with Crippen LogP contribution in [0.25, 0.3) is 27.5 Å². The molecule has 0 saturated heterocycles. The summed E-state index contributed by atoms with van der Waals surface area (Å²) in [5, 5.41) is 2.25. The van der Waals surface area contributed by atoms with E-state index in [0.717, 1.165) is 27.5 Å². The van der Waals surface area contributed by atoms with Gasteiger partial charge in [0.1, 0.15) is 0 Å². The maximum atomic E-state index is 5.53. The molecule has 0 saturated carbocycles. The Kier molecular flexibility index (Phi) is 3.04.